The highest BCUT2D eigenvalue weighted by Gasteiger charge is 2.31. The minimum atomic E-state index is -3.59. The summed E-state index contributed by atoms with van der Waals surface area (Å²) in [4.78, 5) is 0.273. The highest BCUT2D eigenvalue weighted by molar-refractivity contribution is 7.89. The van der Waals surface area contributed by atoms with E-state index in [1.165, 1.54) is 0 Å². The molecule has 0 aliphatic heterocycles. The molecule has 0 aromatic heterocycles. The molecular formula is C16H19ClN2O2S. The average Bonchev–Trinajstić information content (AvgIpc) is 2.94. The molecule has 1 aliphatic rings. The third-order valence-corrected chi connectivity index (χ3v) is 6.27. The van der Waals surface area contributed by atoms with Crippen LogP contribution in [0.25, 0.3) is 10.8 Å². The van der Waals surface area contributed by atoms with Gasteiger partial charge in [0, 0.05) is 21.8 Å². The first kappa shape index (κ1) is 15.7. The molecule has 0 heterocycles. The zero-order valence-corrected chi connectivity index (χ0v) is 13.7. The van der Waals surface area contributed by atoms with Crippen molar-refractivity contribution in [2.45, 2.75) is 30.2 Å². The zero-order valence-electron chi connectivity index (χ0n) is 12.1. The Balaban J connectivity index is 2.01. The highest BCUT2D eigenvalue weighted by atomic mass is 35.5. The fourth-order valence-corrected chi connectivity index (χ4v) is 4.98. The number of nitrogens with one attached hydrogen (secondary N) is 1. The van der Waals surface area contributed by atoms with Crippen LogP contribution in [0.5, 0.6) is 0 Å². The number of nitrogens with two attached hydrogens (primary N) is 1. The van der Waals surface area contributed by atoms with E-state index in [1.807, 2.05) is 18.2 Å². The molecule has 0 spiro atoms. The summed E-state index contributed by atoms with van der Waals surface area (Å²) in [6.07, 6.45) is 2.83. The van der Waals surface area contributed by atoms with Crippen molar-refractivity contribution in [3.05, 3.63) is 41.4 Å². The van der Waals surface area contributed by atoms with Gasteiger partial charge in [-0.05, 0) is 37.4 Å². The first-order valence-electron chi connectivity index (χ1n) is 7.42. The maximum atomic E-state index is 12.8. The molecule has 1 fully saturated rings. The molecule has 1 aliphatic carbocycles. The quantitative estimate of drug-likeness (QED) is 0.900. The molecule has 4 nitrogen and oxygen atoms in total. The lowest BCUT2D eigenvalue weighted by Gasteiger charge is -2.20. The molecule has 2 unspecified atom stereocenters. The van der Waals surface area contributed by atoms with Crippen LogP contribution in [0.3, 0.4) is 0 Å². The van der Waals surface area contributed by atoms with Gasteiger partial charge in [-0.15, -0.1) is 0 Å². The summed E-state index contributed by atoms with van der Waals surface area (Å²) in [6, 6.07) is 10.4. The fraction of sp³-hybridized carbons (Fsp3) is 0.375. The molecule has 118 valence electrons. The Morgan fingerprint density at radius 3 is 2.59 bits per heavy atom. The molecule has 0 saturated heterocycles. The molecule has 1 saturated carbocycles. The van der Waals surface area contributed by atoms with Gasteiger partial charge in [-0.3, -0.25) is 0 Å². The number of fused-ring (bicyclic) bond motifs is 1. The molecule has 2 aromatic carbocycles. The maximum absolute atomic E-state index is 12.8. The van der Waals surface area contributed by atoms with Crippen molar-refractivity contribution in [3.63, 3.8) is 0 Å². The lowest BCUT2D eigenvalue weighted by atomic mass is 10.1. The van der Waals surface area contributed by atoms with E-state index >= 15 is 0 Å². The summed E-state index contributed by atoms with van der Waals surface area (Å²) in [6.45, 7) is 0.508. The van der Waals surface area contributed by atoms with Gasteiger partial charge in [0.1, 0.15) is 0 Å². The average molecular weight is 339 g/mol. The van der Waals surface area contributed by atoms with Gasteiger partial charge < -0.3 is 5.73 Å². The van der Waals surface area contributed by atoms with E-state index < -0.39 is 10.0 Å². The Morgan fingerprint density at radius 1 is 1.14 bits per heavy atom. The van der Waals surface area contributed by atoms with Crippen molar-refractivity contribution < 1.29 is 8.42 Å². The van der Waals surface area contributed by atoms with Crippen LogP contribution in [0.2, 0.25) is 5.02 Å². The number of hydrogen-bond acceptors (Lipinski definition) is 3. The predicted molar refractivity (Wildman–Crippen MR) is 89.5 cm³/mol. The van der Waals surface area contributed by atoms with E-state index in [-0.39, 0.29) is 16.9 Å². The molecule has 3 N–H and O–H groups in total. The summed E-state index contributed by atoms with van der Waals surface area (Å²) in [5, 5.41) is 1.94. The van der Waals surface area contributed by atoms with Crippen LogP contribution in [0.1, 0.15) is 19.3 Å². The second kappa shape index (κ2) is 6.16. The van der Waals surface area contributed by atoms with Crippen molar-refractivity contribution >= 4 is 32.4 Å². The van der Waals surface area contributed by atoms with Gasteiger partial charge >= 0.3 is 0 Å². The SMILES string of the molecule is NCC1CCCC1NS(=O)(=O)c1ccc(Cl)c2ccccc12. The Kier molecular flexibility index (Phi) is 4.41. The first-order chi connectivity index (χ1) is 10.5. The largest absolute Gasteiger partial charge is 0.330 e. The normalized spacial score (nSPS) is 22.3. The van der Waals surface area contributed by atoms with E-state index in [4.69, 9.17) is 17.3 Å². The van der Waals surface area contributed by atoms with Crippen LogP contribution in [0, 0.1) is 5.92 Å². The number of hydrogen-bond donors (Lipinski definition) is 2. The van der Waals surface area contributed by atoms with Gasteiger partial charge in [0.05, 0.1) is 4.90 Å². The van der Waals surface area contributed by atoms with E-state index in [1.54, 1.807) is 18.2 Å². The van der Waals surface area contributed by atoms with E-state index in [0.29, 0.717) is 17.0 Å². The van der Waals surface area contributed by atoms with Crippen molar-refractivity contribution in [1.29, 1.82) is 0 Å². The van der Waals surface area contributed by atoms with Gasteiger partial charge in [-0.1, -0.05) is 42.3 Å². The summed E-state index contributed by atoms with van der Waals surface area (Å²) in [5.74, 6) is 0.216. The fourth-order valence-electron chi connectivity index (χ4n) is 3.21. The zero-order chi connectivity index (χ0) is 15.7. The third-order valence-electron chi connectivity index (χ3n) is 4.39. The topological polar surface area (TPSA) is 72.2 Å². The minimum Gasteiger partial charge on any atom is -0.330 e. The standard InChI is InChI=1S/C16H19ClN2O2S/c17-14-8-9-16(13-6-2-1-5-12(13)14)22(20,21)19-15-7-3-4-11(15)10-18/h1-2,5-6,8-9,11,15,19H,3-4,7,10,18H2. The van der Waals surface area contributed by atoms with Gasteiger partial charge in [0.15, 0.2) is 0 Å². The number of sulfonamides is 1. The molecule has 2 atom stereocenters. The van der Waals surface area contributed by atoms with E-state index in [2.05, 4.69) is 4.72 Å². The monoisotopic (exact) mass is 338 g/mol. The summed E-state index contributed by atoms with van der Waals surface area (Å²) in [7, 11) is -3.59. The van der Waals surface area contributed by atoms with Crippen LogP contribution in [-0.2, 0) is 10.0 Å². The molecule has 22 heavy (non-hydrogen) atoms. The lowest BCUT2D eigenvalue weighted by Crippen LogP contribution is -2.39. The van der Waals surface area contributed by atoms with Crippen LogP contribution < -0.4 is 10.5 Å². The number of benzene rings is 2. The van der Waals surface area contributed by atoms with Gasteiger partial charge in [-0.25, -0.2) is 13.1 Å². The highest BCUT2D eigenvalue weighted by Crippen LogP contribution is 2.31. The summed E-state index contributed by atoms with van der Waals surface area (Å²) in [5.41, 5.74) is 5.74. The van der Waals surface area contributed by atoms with Crippen LogP contribution in [-0.4, -0.2) is 21.0 Å². The van der Waals surface area contributed by atoms with Crippen LogP contribution >= 0.6 is 11.6 Å². The van der Waals surface area contributed by atoms with Gasteiger partial charge in [-0.2, -0.15) is 0 Å². The van der Waals surface area contributed by atoms with Crippen molar-refractivity contribution in [1.82, 2.24) is 4.72 Å². The third kappa shape index (κ3) is 2.86. The van der Waals surface area contributed by atoms with Crippen LogP contribution in [0.4, 0.5) is 0 Å². The Labute approximate surface area is 135 Å². The molecule has 0 bridgehead atoms. The molecular weight excluding hydrogens is 320 g/mol. The van der Waals surface area contributed by atoms with E-state index in [0.717, 1.165) is 24.6 Å². The van der Waals surface area contributed by atoms with Crippen molar-refractivity contribution in [2.75, 3.05) is 6.54 Å². The molecule has 3 rings (SSSR count). The van der Waals surface area contributed by atoms with E-state index in [9.17, 15) is 8.42 Å². The van der Waals surface area contributed by atoms with Gasteiger partial charge in [0.2, 0.25) is 10.0 Å². The summed E-state index contributed by atoms with van der Waals surface area (Å²) < 4.78 is 28.4. The first-order valence-corrected chi connectivity index (χ1v) is 9.28. The minimum absolute atomic E-state index is 0.0792. The number of halogens is 1. The Hall–Kier alpha value is -1.14. The van der Waals surface area contributed by atoms with Crippen molar-refractivity contribution in [3.8, 4) is 0 Å². The molecule has 0 radical (unpaired) electrons. The second-order valence-electron chi connectivity index (χ2n) is 5.75. The second-order valence-corrected chi connectivity index (χ2v) is 7.84. The molecule has 2 aromatic rings. The predicted octanol–water partition coefficient (Wildman–Crippen LogP) is 2.90. The maximum Gasteiger partial charge on any atom is 0.241 e. The molecule has 6 heteroatoms. The Morgan fingerprint density at radius 2 is 1.86 bits per heavy atom. The smallest absolute Gasteiger partial charge is 0.241 e. The molecule has 0 amide bonds. The van der Waals surface area contributed by atoms with Gasteiger partial charge in [0.25, 0.3) is 0 Å². The van der Waals surface area contributed by atoms with Crippen molar-refractivity contribution in [2.24, 2.45) is 11.7 Å². The summed E-state index contributed by atoms with van der Waals surface area (Å²) >= 11 is 6.16. The lowest BCUT2D eigenvalue weighted by molar-refractivity contribution is 0.453. The van der Waals surface area contributed by atoms with Crippen LogP contribution in [0.15, 0.2) is 41.3 Å². The Bertz CT molecular complexity index is 792. The number of rotatable bonds is 4.